The highest BCUT2D eigenvalue weighted by molar-refractivity contribution is 5.86. The molecule has 2 aliphatic heterocycles. The van der Waals surface area contributed by atoms with Crippen LogP contribution in [0.4, 0.5) is 0 Å². The monoisotopic (exact) mass is 250 g/mol. The minimum Gasteiger partial charge on any atom is -0.352 e. The van der Waals surface area contributed by atoms with Crippen molar-refractivity contribution in [1.82, 2.24) is 9.80 Å². The van der Waals surface area contributed by atoms with Gasteiger partial charge in [0.25, 0.3) is 0 Å². The second-order valence-electron chi connectivity index (χ2n) is 6.26. The summed E-state index contributed by atoms with van der Waals surface area (Å²) in [5.41, 5.74) is 0.127. The van der Waals surface area contributed by atoms with Crippen molar-refractivity contribution in [1.29, 1.82) is 0 Å². The number of amidine groups is 1. The quantitative estimate of drug-likeness (QED) is 0.753. The molecule has 0 unspecified atom stereocenters. The second-order valence-corrected chi connectivity index (χ2v) is 6.26. The van der Waals surface area contributed by atoms with Gasteiger partial charge in [0.05, 0.1) is 6.54 Å². The predicted molar refractivity (Wildman–Crippen MR) is 77.3 cm³/mol. The first-order chi connectivity index (χ1) is 8.57. The van der Waals surface area contributed by atoms with Gasteiger partial charge in [-0.2, -0.15) is 5.10 Å². The summed E-state index contributed by atoms with van der Waals surface area (Å²) in [6.07, 6.45) is 6.95. The molecular weight excluding hydrogens is 224 g/mol. The summed E-state index contributed by atoms with van der Waals surface area (Å²) in [7, 11) is 0. The van der Waals surface area contributed by atoms with Gasteiger partial charge in [0.2, 0.25) is 0 Å². The number of piperidine rings is 1. The molecule has 0 aromatic heterocycles. The largest absolute Gasteiger partial charge is 0.352 e. The van der Waals surface area contributed by atoms with Gasteiger partial charge in [-0.1, -0.05) is 6.42 Å². The molecule has 0 radical (unpaired) electrons. The smallest absolute Gasteiger partial charge is 0.142 e. The zero-order valence-corrected chi connectivity index (χ0v) is 12.0. The lowest BCUT2D eigenvalue weighted by molar-refractivity contribution is 0.211. The van der Waals surface area contributed by atoms with Gasteiger partial charge in [0.15, 0.2) is 0 Å². The summed E-state index contributed by atoms with van der Waals surface area (Å²) in [6.45, 7) is 11.2. The fraction of sp³-hybridized carbons (Fsp3) is 0.857. The van der Waals surface area contributed by atoms with Crippen molar-refractivity contribution in [2.75, 3.05) is 26.2 Å². The number of nitrogens with zero attached hydrogens (tertiary/aromatic N) is 4. The lowest BCUT2D eigenvalue weighted by atomic mass is 10.0. The van der Waals surface area contributed by atoms with Crippen molar-refractivity contribution in [2.24, 2.45) is 10.2 Å². The van der Waals surface area contributed by atoms with Crippen LogP contribution in [0.1, 0.15) is 46.5 Å². The van der Waals surface area contributed by atoms with Crippen molar-refractivity contribution in [2.45, 2.75) is 52.0 Å². The van der Waals surface area contributed by atoms with Crippen molar-refractivity contribution < 1.29 is 0 Å². The van der Waals surface area contributed by atoms with Gasteiger partial charge in [-0.05, 0) is 46.7 Å². The maximum atomic E-state index is 4.44. The lowest BCUT2D eigenvalue weighted by Crippen LogP contribution is -2.50. The van der Waals surface area contributed by atoms with Crippen molar-refractivity contribution in [3.8, 4) is 0 Å². The minimum absolute atomic E-state index is 0.127. The van der Waals surface area contributed by atoms with Gasteiger partial charge >= 0.3 is 0 Å². The normalized spacial score (nSPS) is 22.8. The summed E-state index contributed by atoms with van der Waals surface area (Å²) < 4.78 is 0. The molecule has 1 fully saturated rings. The van der Waals surface area contributed by atoms with Crippen LogP contribution in [0.15, 0.2) is 10.2 Å². The van der Waals surface area contributed by atoms with E-state index in [1.165, 1.54) is 32.4 Å². The Balaban J connectivity index is 2.05. The first kappa shape index (κ1) is 13.5. The van der Waals surface area contributed by atoms with E-state index < -0.39 is 0 Å². The van der Waals surface area contributed by atoms with Gasteiger partial charge in [0.1, 0.15) is 5.84 Å². The standard InChI is InChI=1S/C14H26N4/c1-14(2,3)18-11-7-8-15-16-13(18)12-17-9-5-4-6-10-17/h8H,4-7,9-12H2,1-3H3. The summed E-state index contributed by atoms with van der Waals surface area (Å²) in [6, 6.07) is 0. The van der Waals surface area contributed by atoms with Gasteiger partial charge in [-0.25, -0.2) is 0 Å². The maximum Gasteiger partial charge on any atom is 0.142 e. The van der Waals surface area contributed by atoms with Crippen LogP contribution >= 0.6 is 0 Å². The fourth-order valence-corrected chi connectivity index (χ4v) is 2.69. The number of likely N-dealkylation sites (tertiary alicyclic amines) is 1. The Kier molecular flexibility index (Phi) is 4.38. The van der Waals surface area contributed by atoms with Gasteiger partial charge in [-0.3, -0.25) is 4.90 Å². The Morgan fingerprint density at radius 1 is 1.11 bits per heavy atom. The lowest BCUT2D eigenvalue weighted by Gasteiger charge is -2.39. The van der Waals surface area contributed by atoms with Crippen LogP contribution in [-0.4, -0.2) is 53.6 Å². The van der Waals surface area contributed by atoms with E-state index >= 15 is 0 Å². The molecule has 2 rings (SSSR count). The van der Waals surface area contributed by atoms with Crippen molar-refractivity contribution in [3.05, 3.63) is 0 Å². The molecule has 2 aliphatic rings. The van der Waals surface area contributed by atoms with Crippen LogP contribution in [0.3, 0.4) is 0 Å². The molecule has 0 aromatic carbocycles. The highest BCUT2D eigenvalue weighted by Gasteiger charge is 2.26. The van der Waals surface area contributed by atoms with Crippen LogP contribution in [-0.2, 0) is 0 Å². The topological polar surface area (TPSA) is 31.2 Å². The van der Waals surface area contributed by atoms with Gasteiger partial charge < -0.3 is 4.90 Å². The zero-order valence-electron chi connectivity index (χ0n) is 12.0. The molecule has 0 spiro atoms. The van der Waals surface area contributed by atoms with E-state index in [4.69, 9.17) is 0 Å². The predicted octanol–water partition coefficient (Wildman–Crippen LogP) is 2.36. The second kappa shape index (κ2) is 5.83. The average Bonchev–Trinajstić information content (AvgIpc) is 2.55. The fourth-order valence-electron chi connectivity index (χ4n) is 2.69. The molecule has 4 nitrogen and oxygen atoms in total. The third-order valence-electron chi connectivity index (χ3n) is 3.67. The average molecular weight is 250 g/mol. The Labute approximate surface area is 111 Å². The summed E-state index contributed by atoms with van der Waals surface area (Å²) in [5, 5.41) is 8.61. The molecule has 0 aliphatic carbocycles. The summed E-state index contributed by atoms with van der Waals surface area (Å²) >= 11 is 0. The molecular formula is C14H26N4. The molecule has 18 heavy (non-hydrogen) atoms. The van der Waals surface area contributed by atoms with Crippen LogP contribution in [0.2, 0.25) is 0 Å². The third-order valence-corrected chi connectivity index (χ3v) is 3.67. The van der Waals surface area contributed by atoms with Crippen LogP contribution < -0.4 is 0 Å². The van der Waals surface area contributed by atoms with E-state index in [0.29, 0.717) is 0 Å². The number of rotatable bonds is 2. The van der Waals surface area contributed by atoms with Gasteiger partial charge in [-0.15, -0.1) is 5.10 Å². The molecule has 102 valence electrons. The SMILES string of the molecule is CC(C)(C)N1CCC=NN=C1CN1CCCCC1. The number of hydrogen-bond acceptors (Lipinski definition) is 4. The molecule has 0 N–H and O–H groups in total. The first-order valence-electron chi connectivity index (χ1n) is 7.16. The van der Waals surface area contributed by atoms with Crippen LogP contribution in [0, 0.1) is 0 Å². The zero-order chi connectivity index (χ0) is 13.0. The van der Waals surface area contributed by atoms with E-state index in [1.54, 1.807) is 0 Å². The molecule has 1 saturated heterocycles. The first-order valence-corrected chi connectivity index (χ1v) is 7.16. The molecule has 2 heterocycles. The molecule has 0 saturated carbocycles. The van der Waals surface area contributed by atoms with Crippen molar-refractivity contribution >= 4 is 12.1 Å². The Hall–Kier alpha value is -0.900. The number of hydrogen-bond donors (Lipinski definition) is 0. The van der Waals surface area contributed by atoms with E-state index in [1.807, 2.05) is 6.21 Å². The Morgan fingerprint density at radius 2 is 1.83 bits per heavy atom. The highest BCUT2D eigenvalue weighted by Crippen LogP contribution is 2.18. The molecule has 0 amide bonds. The van der Waals surface area contributed by atoms with E-state index in [0.717, 1.165) is 25.3 Å². The highest BCUT2D eigenvalue weighted by atomic mass is 15.4. The summed E-state index contributed by atoms with van der Waals surface area (Å²) in [4.78, 5) is 4.93. The van der Waals surface area contributed by atoms with E-state index in [2.05, 4.69) is 40.8 Å². The van der Waals surface area contributed by atoms with Crippen LogP contribution in [0.25, 0.3) is 0 Å². The van der Waals surface area contributed by atoms with Crippen molar-refractivity contribution in [3.63, 3.8) is 0 Å². The van der Waals surface area contributed by atoms with E-state index in [9.17, 15) is 0 Å². The molecule has 0 atom stereocenters. The molecule has 0 aromatic rings. The minimum atomic E-state index is 0.127. The Morgan fingerprint density at radius 3 is 2.50 bits per heavy atom. The Bertz CT molecular complexity index is 321. The van der Waals surface area contributed by atoms with E-state index in [-0.39, 0.29) is 5.54 Å². The maximum absolute atomic E-state index is 4.44. The van der Waals surface area contributed by atoms with Crippen LogP contribution in [0.5, 0.6) is 0 Å². The molecule has 0 bridgehead atoms. The third kappa shape index (κ3) is 3.55. The summed E-state index contributed by atoms with van der Waals surface area (Å²) in [5.74, 6) is 1.14. The molecule has 4 heteroatoms. The van der Waals surface area contributed by atoms with Gasteiger partial charge in [0, 0.05) is 24.7 Å².